The molecule has 1 heterocycles. The van der Waals surface area contributed by atoms with Crippen LogP contribution in [0.15, 0.2) is 30.3 Å². The van der Waals surface area contributed by atoms with Crippen LogP contribution in [0.25, 0.3) is 0 Å². The van der Waals surface area contributed by atoms with Crippen LogP contribution in [0.4, 0.5) is 0 Å². The molecule has 132 valence electrons. The van der Waals surface area contributed by atoms with Gasteiger partial charge in [-0.25, -0.2) is 5.43 Å². The molecule has 3 rings (SSSR count). The van der Waals surface area contributed by atoms with Crippen molar-refractivity contribution in [3.8, 4) is 0 Å². The van der Waals surface area contributed by atoms with Crippen LogP contribution in [0.5, 0.6) is 0 Å². The van der Waals surface area contributed by atoms with Gasteiger partial charge in [-0.15, -0.1) is 0 Å². The molecule has 0 spiro atoms. The molecule has 0 bridgehead atoms. The number of carbonyl (C=O) groups excluding carboxylic acids is 1. The number of alkyl halides is 1. The van der Waals surface area contributed by atoms with Gasteiger partial charge in [-0.2, -0.15) is 0 Å². The lowest BCUT2D eigenvalue weighted by atomic mass is 9.81. The molecule has 1 aromatic rings. The van der Waals surface area contributed by atoms with Gasteiger partial charge >= 0.3 is 0 Å². The third-order valence-corrected chi connectivity index (χ3v) is 6.51. The lowest BCUT2D eigenvalue weighted by Gasteiger charge is -2.30. The first kappa shape index (κ1) is 17.9. The minimum atomic E-state index is -0.204. The summed E-state index contributed by atoms with van der Waals surface area (Å²) in [7, 11) is 0. The van der Waals surface area contributed by atoms with E-state index >= 15 is 0 Å². The molecule has 4 nitrogen and oxygen atoms in total. The number of nitrogens with one attached hydrogen (secondary N) is 3. The van der Waals surface area contributed by atoms with E-state index in [2.05, 4.69) is 76.3 Å². The number of amides is 1. The SMILES string of the molecule is CC(C)C1NNC(C(=O)NC2CCC(c3ccccc3)CC2)C1Br. The molecule has 1 amide bonds. The van der Waals surface area contributed by atoms with Crippen molar-refractivity contribution in [2.75, 3.05) is 0 Å². The highest BCUT2D eigenvalue weighted by Gasteiger charge is 2.40. The molecule has 1 aliphatic heterocycles. The molecule has 3 N–H and O–H groups in total. The van der Waals surface area contributed by atoms with Crippen LogP contribution >= 0.6 is 15.9 Å². The molecule has 1 aromatic carbocycles. The van der Waals surface area contributed by atoms with E-state index in [0.29, 0.717) is 17.9 Å². The van der Waals surface area contributed by atoms with Crippen LogP contribution in [0.2, 0.25) is 0 Å². The maximum absolute atomic E-state index is 12.6. The number of hydrazine groups is 1. The van der Waals surface area contributed by atoms with Crippen LogP contribution in [-0.4, -0.2) is 28.9 Å². The van der Waals surface area contributed by atoms with Crippen LogP contribution in [0.1, 0.15) is 51.0 Å². The molecular weight excluding hydrogens is 366 g/mol. The minimum absolute atomic E-state index is 0.107. The summed E-state index contributed by atoms with van der Waals surface area (Å²) < 4.78 is 0. The summed E-state index contributed by atoms with van der Waals surface area (Å²) in [6.45, 7) is 4.33. The van der Waals surface area contributed by atoms with Gasteiger partial charge in [0, 0.05) is 12.1 Å². The van der Waals surface area contributed by atoms with Gasteiger partial charge in [-0.1, -0.05) is 60.1 Å². The van der Waals surface area contributed by atoms with E-state index in [9.17, 15) is 4.79 Å². The normalized spacial score (nSPS) is 33.6. The predicted molar refractivity (Wildman–Crippen MR) is 101 cm³/mol. The highest BCUT2D eigenvalue weighted by molar-refractivity contribution is 9.09. The Labute approximate surface area is 153 Å². The van der Waals surface area contributed by atoms with E-state index in [-0.39, 0.29) is 22.8 Å². The molecular formula is C19H28BrN3O. The fourth-order valence-electron chi connectivity index (χ4n) is 3.88. The molecule has 1 aliphatic carbocycles. The van der Waals surface area contributed by atoms with E-state index < -0.39 is 0 Å². The van der Waals surface area contributed by atoms with Gasteiger partial charge in [0.05, 0.1) is 4.83 Å². The lowest BCUT2D eigenvalue weighted by Crippen LogP contribution is -2.50. The van der Waals surface area contributed by atoms with E-state index in [0.717, 1.165) is 25.7 Å². The molecule has 3 unspecified atom stereocenters. The lowest BCUT2D eigenvalue weighted by molar-refractivity contribution is -0.123. The zero-order valence-corrected chi connectivity index (χ0v) is 16.1. The van der Waals surface area contributed by atoms with Gasteiger partial charge in [0.2, 0.25) is 5.91 Å². The highest BCUT2D eigenvalue weighted by Crippen LogP contribution is 2.33. The van der Waals surface area contributed by atoms with Gasteiger partial charge in [0.25, 0.3) is 0 Å². The number of carbonyl (C=O) groups is 1. The smallest absolute Gasteiger partial charge is 0.239 e. The monoisotopic (exact) mass is 393 g/mol. The van der Waals surface area contributed by atoms with E-state index in [1.165, 1.54) is 5.56 Å². The van der Waals surface area contributed by atoms with Crippen molar-refractivity contribution in [3.63, 3.8) is 0 Å². The van der Waals surface area contributed by atoms with Crippen molar-refractivity contribution < 1.29 is 4.79 Å². The standard InChI is InChI=1S/C19H28BrN3O/c1-12(2)17-16(20)18(23-22-17)19(24)21-15-10-8-14(9-11-15)13-6-4-3-5-7-13/h3-7,12,14-18,22-23H,8-11H2,1-2H3,(H,21,24). The Kier molecular flexibility index (Phi) is 5.95. The van der Waals surface area contributed by atoms with Crippen molar-refractivity contribution in [1.82, 2.24) is 16.2 Å². The largest absolute Gasteiger partial charge is 0.352 e. The predicted octanol–water partition coefficient (Wildman–Crippen LogP) is 3.09. The fraction of sp³-hybridized carbons (Fsp3) is 0.632. The first-order valence-corrected chi connectivity index (χ1v) is 9.98. The molecule has 24 heavy (non-hydrogen) atoms. The maximum atomic E-state index is 12.6. The summed E-state index contributed by atoms with van der Waals surface area (Å²) in [6.07, 6.45) is 4.42. The summed E-state index contributed by atoms with van der Waals surface area (Å²) in [5.74, 6) is 1.22. The third-order valence-electron chi connectivity index (χ3n) is 5.41. The van der Waals surface area contributed by atoms with Gasteiger partial charge in [-0.3, -0.25) is 10.2 Å². The number of hydrogen-bond acceptors (Lipinski definition) is 3. The first-order valence-electron chi connectivity index (χ1n) is 9.06. The Balaban J connectivity index is 1.49. The van der Waals surface area contributed by atoms with Crippen LogP contribution in [-0.2, 0) is 4.79 Å². The second kappa shape index (κ2) is 7.98. The molecule has 5 heteroatoms. The fourth-order valence-corrected chi connectivity index (χ4v) is 5.00. The molecule has 1 saturated heterocycles. The second-order valence-corrected chi connectivity index (χ2v) is 8.51. The summed E-state index contributed by atoms with van der Waals surface area (Å²) >= 11 is 3.69. The van der Waals surface area contributed by atoms with Gasteiger partial charge < -0.3 is 5.32 Å². The molecule has 1 saturated carbocycles. The van der Waals surface area contributed by atoms with Crippen molar-refractivity contribution in [1.29, 1.82) is 0 Å². The van der Waals surface area contributed by atoms with Gasteiger partial charge in [0.1, 0.15) is 6.04 Å². The number of hydrogen-bond donors (Lipinski definition) is 3. The molecule has 0 aromatic heterocycles. The van der Waals surface area contributed by atoms with Crippen LogP contribution < -0.4 is 16.2 Å². The van der Waals surface area contributed by atoms with Crippen LogP contribution in [0.3, 0.4) is 0 Å². The van der Waals surface area contributed by atoms with Crippen molar-refractivity contribution >= 4 is 21.8 Å². The summed E-state index contributed by atoms with van der Waals surface area (Å²) in [4.78, 5) is 12.7. The van der Waals surface area contributed by atoms with Crippen molar-refractivity contribution in [2.24, 2.45) is 5.92 Å². The van der Waals surface area contributed by atoms with Gasteiger partial charge in [0.15, 0.2) is 0 Å². The number of benzene rings is 1. The maximum Gasteiger partial charge on any atom is 0.239 e. The highest BCUT2D eigenvalue weighted by atomic mass is 79.9. The summed E-state index contributed by atoms with van der Waals surface area (Å²) in [5.41, 5.74) is 7.83. The average molecular weight is 394 g/mol. The Morgan fingerprint density at radius 2 is 1.79 bits per heavy atom. The van der Waals surface area contributed by atoms with Crippen molar-refractivity contribution in [3.05, 3.63) is 35.9 Å². The molecule has 2 aliphatic rings. The average Bonchev–Trinajstić information content (AvgIpc) is 2.98. The summed E-state index contributed by atoms with van der Waals surface area (Å²) in [5, 5.41) is 3.25. The van der Waals surface area contributed by atoms with E-state index in [4.69, 9.17) is 0 Å². The quantitative estimate of drug-likeness (QED) is 0.688. The number of halogens is 1. The topological polar surface area (TPSA) is 53.2 Å². The summed E-state index contributed by atoms with van der Waals surface area (Å²) in [6, 6.07) is 11.1. The molecule has 0 radical (unpaired) electrons. The second-order valence-electron chi connectivity index (χ2n) is 7.45. The zero-order valence-electron chi connectivity index (χ0n) is 14.5. The Morgan fingerprint density at radius 3 is 2.38 bits per heavy atom. The Morgan fingerprint density at radius 1 is 1.12 bits per heavy atom. The Hall–Kier alpha value is -0.910. The minimum Gasteiger partial charge on any atom is -0.352 e. The zero-order chi connectivity index (χ0) is 17.1. The molecule has 2 fully saturated rings. The molecule has 3 atom stereocenters. The first-order chi connectivity index (χ1) is 11.6. The van der Waals surface area contributed by atoms with E-state index in [1.54, 1.807) is 0 Å². The van der Waals surface area contributed by atoms with E-state index in [1.807, 2.05) is 0 Å². The van der Waals surface area contributed by atoms with Gasteiger partial charge in [-0.05, 0) is 43.1 Å². The Bertz CT molecular complexity index is 543. The number of rotatable bonds is 4. The van der Waals surface area contributed by atoms with Crippen LogP contribution in [0, 0.1) is 5.92 Å². The third kappa shape index (κ3) is 4.01. The van der Waals surface area contributed by atoms with Crippen molar-refractivity contribution in [2.45, 2.75) is 68.4 Å².